The molecule has 0 unspecified atom stereocenters. The molecular weight excluding hydrogens is 196 g/mol. The molecule has 0 atom stereocenters. The maximum absolute atomic E-state index is 5.93. The fourth-order valence-electron chi connectivity index (χ4n) is 2.04. The minimum Gasteiger partial charge on any atom is -0.461 e. The molecule has 2 aromatic rings. The van der Waals surface area contributed by atoms with E-state index in [1.807, 2.05) is 0 Å². The number of aryl methyl sites for hydroxylation is 2. The van der Waals surface area contributed by atoms with Crippen molar-refractivity contribution in [3.05, 3.63) is 35.1 Å². The molecule has 86 valence electrons. The van der Waals surface area contributed by atoms with E-state index < -0.39 is 0 Å². The summed E-state index contributed by atoms with van der Waals surface area (Å²) in [6, 6.07) is 6.39. The van der Waals surface area contributed by atoms with Crippen molar-refractivity contribution in [2.24, 2.45) is 5.41 Å². The predicted molar refractivity (Wildman–Crippen MR) is 68.8 cm³/mol. The lowest BCUT2D eigenvalue weighted by Gasteiger charge is -2.16. The summed E-state index contributed by atoms with van der Waals surface area (Å²) in [5, 5.41) is 1.26. The standard InChI is InChI=1S/C15H20O/c1-10-6-7-13-12(8-10)11(2)14(16-13)9-15(3,4)5/h6-8H,9H2,1-5H3. The van der Waals surface area contributed by atoms with Crippen molar-refractivity contribution in [1.29, 1.82) is 0 Å². The van der Waals surface area contributed by atoms with Gasteiger partial charge < -0.3 is 4.42 Å². The van der Waals surface area contributed by atoms with Crippen LogP contribution in [0.25, 0.3) is 11.0 Å². The van der Waals surface area contributed by atoms with Crippen LogP contribution in [0.2, 0.25) is 0 Å². The van der Waals surface area contributed by atoms with Gasteiger partial charge in [-0.15, -0.1) is 0 Å². The van der Waals surface area contributed by atoms with Crippen LogP contribution in [0.15, 0.2) is 22.6 Å². The molecule has 16 heavy (non-hydrogen) atoms. The highest BCUT2D eigenvalue weighted by atomic mass is 16.3. The Morgan fingerprint density at radius 2 is 1.81 bits per heavy atom. The largest absolute Gasteiger partial charge is 0.461 e. The lowest BCUT2D eigenvalue weighted by Crippen LogP contribution is -2.09. The Morgan fingerprint density at radius 3 is 2.44 bits per heavy atom. The van der Waals surface area contributed by atoms with Gasteiger partial charge in [0.25, 0.3) is 0 Å². The quantitative estimate of drug-likeness (QED) is 0.677. The molecular formula is C15H20O. The van der Waals surface area contributed by atoms with Gasteiger partial charge in [-0.3, -0.25) is 0 Å². The maximum Gasteiger partial charge on any atom is 0.134 e. The molecule has 0 saturated carbocycles. The Balaban J connectivity index is 2.52. The topological polar surface area (TPSA) is 13.1 Å². The van der Waals surface area contributed by atoms with Gasteiger partial charge >= 0.3 is 0 Å². The van der Waals surface area contributed by atoms with Crippen molar-refractivity contribution in [3.8, 4) is 0 Å². The van der Waals surface area contributed by atoms with Gasteiger partial charge in [-0.25, -0.2) is 0 Å². The minimum atomic E-state index is 0.272. The Labute approximate surface area is 97.5 Å². The van der Waals surface area contributed by atoms with Gasteiger partial charge in [0.15, 0.2) is 0 Å². The van der Waals surface area contributed by atoms with Gasteiger partial charge in [-0.05, 0) is 37.0 Å². The monoisotopic (exact) mass is 216 g/mol. The van der Waals surface area contributed by atoms with Crippen LogP contribution in [0, 0.1) is 19.3 Å². The van der Waals surface area contributed by atoms with Crippen LogP contribution in [0.1, 0.15) is 37.7 Å². The van der Waals surface area contributed by atoms with Crippen LogP contribution in [0.5, 0.6) is 0 Å². The van der Waals surface area contributed by atoms with E-state index in [0.29, 0.717) is 0 Å². The summed E-state index contributed by atoms with van der Waals surface area (Å²) in [4.78, 5) is 0. The molecule has 1 aromatic heterocycles. The Morgan fingerprint density at radius 1 is 1.12 bits per heavy atom. The van der Waals surface area contributed by atoms with Crippen LogP contribution in [-0.4, -0.2) is 0 Å². The Bertz CT molecular complexity index is 512. The van der Waals surface area contributed by atoms with E-state index in [9.17, 15) is 0 Å². The maximum atomic E-state index is 5.93. The number of furan rings is 1. The number of hydrogen-bond donors (Lipinski definition) is 0. The van der Waals surface area contributed by atoms with Crippen LogP contribution in [0.4, 0.5) is 0 Å². The molecule has 1 heterocycles. The van der Waals surface area contributed by atoms with E-state index in [1.54, 1.807) is 0 Å². The first-order valence-corrected chi connectivity index (χ1v) is 5.85. The highest BCUT2D eigenvalue weighted by Gasteiger charge is 2.17. The third-order valence-electron chi connectivity index (χ3n) is 2.88. The van der Waals surface area contributed by atoms with E-state index in [1.165, 1.54) is 16.5 Å². The van der Waals surface area contributed by atoms with Crippen molar-refractivity contribution >= 4 is 11.0 Å². The van der Waals surface area contributed by atoms with E-state index in [4.69, 9.17) is 4.42 Å². The molecule has 0 radical (unpaired) electrons. The lowest BCUT2D eigenvalue weighted by atomic mass is 9.90. The van der Waals surface area contributed by atoms with Gasteiger partial charge in [-0.2, -0.15) is 0 Å². The molecule has 0 amide bonds. The van der Waals surface area contributed by atoms with E-state index in [-0.39, 0.29) is 5.41 Å². The molecule has 2 rings (SSSR count). The first-order chi connectivity index (χ1) is 7.37. The summed E-state index contributed by atoms with van der Waals surface area (Å²) in [5.74, 6) is 1.13. The SMILES string of the molecule is Cc1ccc2oc(CC(C)(C)C)c(C)c2c1. The summed E-state index contributed by atoms with van der Waals surface area (Å²) in [7, 11) is 0. The van der Waals surface area contributed by atoms with Crippen molar-refractivity contribution in [1.82, 2.24) is 0 Å². The molecule has 0 spiro atoms. The molecule has 1 nitrogen and oxygen atoms in total. The molecule has 0 N–H and O–H groups in total. The normalized spacial score (nSPS) is 12.3. The molecule has 0 aliphatic rings. The highest BCUT2D eigenvalue weighted by Crippen LogP contribution is 2.30. The van der Waals surface area contributed by atoms with Gasteiger partial charge in [0.2, 0.25) is 0 Å². The van der Waals surface area contributed by atoms with Crippen molar-refractivity contribution in [2.75, 3.05) is 0 Å². The number of hydrogen-bond acceptors (Lipinski definition) is 1. The average molecular weight is 216 g/mol. The van der Waals surface area contributed by atoms with Crippen LogP contribution in [0.3, 0.4) is 0 Å². The number of fused-ring (bicyclic) bond motifs is 1. The Hall–Kier alpha value is -1.24. The summed E-state index contributed by atoms with van der Waals surface area (Å²) < 4.78 is 5.93. The van der Waals surface area contributed by atoms with Gasteiger partial charge in [0.1, 0.15) is 11.3 Å². The van der Waals surface area contributed by atoms with Gasteiger partial charge in [-0.1, -0.05) is 32.4 Å². The second-order valence-corrected chi connectivity index (χ2v) is 5.89. The lowest BCUT2D eigenvalue weighted by molar-refractivity contribution is 0.369. The average Bonchev–Trinajstić information content (AvgIpc) is 2.42. The summed E-state index contributed by atoms with van der Waals surface area (Å²) >= 11 is 0. The van der Waals surface area contributed by atoms with Crippen LogP contribution >= 0.6 is 0 Å². The summed E-state index contributed by atoms with van der Waals surface area (Å²) in [6.45, 7) is 11.0. The molecule has 0 aliphatic carbocycles. The zero-order valence-electron chi connectivity index (χ0n) is 10.8. The molecule has 0 fully saturated rings. The number of rotatable bonds is 1. The second kappa shape index (κ2) is 3.65. The zero-order chi connectivity index (χ0) is 11.9. The highest BCUT2D eigenvalue weighted by molar-refractivity contribution is 5.82. The fraction of sp³-hybridized carbons (Fsp3) is 0.467. The Kier molecular flexibility index (Phi) is 2.57. The third kappa shape index (κ3) is 2.13. The predicted octanol–water partition coefficient (Wildman–Crippen LogP) is 4.64. The molecule has 0 saturated heterocycles. The van der Waals surface area contributed by atoms with Crippen LogP contribution in [-0.2, 0) is 6.42 Å². The molecule has 0 bridgehead atoms. The second-order valence-electron chi connectivity index (χ2n) is 5.89. The molecule has 0 aliphatic heterocycles. The zero-order valence-corrected chi connectivity index (χ0v) is 10.8. The first-order valence-electron chi connectivity index (χ1n) is 5.85. The van der Waals surface area contributed by atoms with E-state index in [0.717, 1.165) is 17.8 Å². The molecule has 1 heteroatoms. The smallest absolute Gasteiger partial charge is 0.134 e. The van der Waals surface area contributed by atoms with Crippen molar-refractivity contribution in [2.45, 2.75) is 41.0 Å². The molecule has 1 aromatic carbocycles. The van der Waals surface area contributed by atoms with Gasteiger partial charge in [0, 0.05) is 11.8 Å². The fourth-order valence-corrected chi connectivity index (χ4v) is 2.04. The number of benzene rings is 1. The van der Waals surface area contributed by atoms with Gasteiger partial charge in [0.05, 0.1) is 0 Å². The van der Waals surface area contributed by atoms with Crippen LogP contribution < -0.4 is 0 Å². The minimum absolute atomic E-state index is 0.272. The first kappa shape index (κ1) is 11.3. The summed E-state index contributed by atoms with van der Waals surface area (Å²) in [5.41, 5.74) is 3.88. The summed E-state index contributed by atoms with van der Waals surface area (Å²) in [6.07, 6.45) is 0.993. The van der Waals surface area contributed by atoms with E-state index >= 15 is 0 Å². The van der Waals surface area contributed by atoms with Crippen molar-refractivity contribution < 1.29 is 4.42 Å². The third-order valence-corrected chi connectivity index (χ3v) is 2.88. The van der Waals surface area contributed by atoms with Crippen molar-refractivity contribution in [3.63, 3.8) is 0 Å². The van der Waals surface area contributed by atoms with E-state index in [2.05, 4.69) is 52.8 Å².